The summed E-state index contributed by atoms with van der Waals surface area (Å²) >= 11 is 0. The standard InChI is InChI=1S/C17H12F2N2O/c18-12-3-8-17(16(19)10-12)20-11-14-2-1-9-21(14)13-4-6-15(22)7-5-13/h1-11,22H. The van der Waals surface area contributed by atoms with Crippen molar-refractivity contribution in [3.63, 3.8) is 0 Å². The maximum absolute atomic E-state index is 13.6. The minimum atomic E-state index is -0.709. The topological polar surface area (TPSA) is 37.5 Å². The van der Waals surface area contributed by atoms with Crippen molar-refractivity contribution in [1.29, 1.82) is 0 Å². The van der Waals surface area contributed by atoms with Crippen molar-refractivity contribution >= 4 is 11.9 Å². The summed E-state index contributed by atoms with van der Waals surface area (Å²) in [7, 11) is 0. The lowest BCUT2D eigenvalue weighted by atomic mass is 10.3. The predicted molar refractivity (Wildman–Crippen MR) is 81.0 cm³/mol. The molecule has 3 nitrogen and oxygen atoms in total. The summed E-state index contributed by atoms with van der Waals surface area (Å²) < 4.78 is 28.3. The van der Waals surface area contributed by atoms with E-state index < -0.39 is 11.6 Å². The molecule has 0 saturated carbocycles. The number of aliphatic imine (C=N–C) groups is 1. The molecule has 0 fully saturated rings. The van der Waals surface area contributed by atoms with E-state index in [1.807, 2.05) is 22.9 Å². The summed E-state index contributed by atoms with van der Waals surface area (Å²) in [6, 6.07) is 13.6. The summed E-state index contributed by atoms with van der Waals surface area (Å²) in [4.78, 5) is 4.06. The quantitative estimate of drug-likeness (QED) is 0.723. The monoisotopic (exact) mass is 298 g/mol. The smallest absolute Gasteiger partial charge is 0.151 e. The number of rotatable bonds is 3. The summed E-state index contributed by atoms with van der Waals surface area (Å²) in [6.45, 7) is 0. The van der Waals surface area contributed by atoms with Crippen LogP contribution in [-0.2, 0) is 0 Å². The van der Waals surface area contributed by atoms with Crippen LogP contribution in [0.4, 0.5) is 14.5 Å². The number of aromatic nitrogens is 1. The maximum Gasteiger partial charge on any atom is 0.151 e. The molecule has 0 aliphatic rings. The molecule has 3 rings (SSSR count). The fourth-order valence-electron chi connectivity index (χ4n) is 2.07. The second-order valence-electron chi connectivity index (χ2n) is 4.67. The summed E-state index contributed by atoms with van der Waals surface area (Å²) in [5.74, 6) is -1.16. The molecule has 0 aliphatic carbocycles. The molecule has 110 valence electrons. The van der Waals surface area contributed by atoms with E-state index >= 15 is 0 Å². The van der Waals surface area contributed by atoms with Crippen molar-refractivity contribution in [1.82, 2.24) is 4.57 Å². The fraction of sp³-hybridized carbons (Fsp3) is 0. The molecule has 0 unspecified atom stereocenters. The fourth-order valence-corrected chi connectivity index (χ4v) is 2.07. The maximum atomic E-state index is 13.6. The van der Waals surface area contributed by atoms with Gasteiger partial charge >= 0.3 is 0 Å². The molecule has 1 heterocycles. The van der Waals surface area contributed by atoms with Gasteiger partial charge in [-0.3, -0.25) is 4.99 Å². The van der Waals surface area contributed by atoms with Gasteiger partial charge in [0.05, 0.1) is 17.6 Å². The van der Waals surface area contributed by atoms with E-state index in [9.17, 15) is 13.9 Å². The van der Waals surface area contributed by atoms with Crippen molar-refractivity contribution in [3.8, 4) is 11.4 Å². The number of hydrogen-bond donors (Lipinski definition) is 1. The lowest BCUT2D eigenvalue weighted by molar-refractivity contribution is 0.475. The molecule has 0 radical (unpaired) electrons. The van der Waals surface area contributed by atoms with Crippen LogP contribution in [0.1, 0.15) is 5.69 Å². The molecular weight excluding hydrogens is 286 g/mol. The van der Waals surface area contributed by atoms with E-state index in [4.69, 9.17) is 0 Å². The molecule has 0 amide bonds. The second-order valence-corrected chi connectivity index (χ2v) is 4.67. The van der Waals surface area contributed by atoms with Gasteiger partial charge in [-0.1, -0.05) is 0 Å². The summed E-state index contributed by atoms with van der Waals surface area (Å²) in [5, 5.41) is 9.32. The van der Waals surface area contributed by atoms with Crippen LogP contribution in [-0.4, -0.2) is 15.9 Å². The van der Waals surface area contributed by atoms with Crippen LogP contribution in [0.2, 0.25) is 0 Å². The number of hydrogen-bond acceptors (Lipinski definition) is 2. The first-order valence-electron chi connectivity index (χ1n) is 6.59. The lowest BCUT2D eigenvalue weighted by Gasteiger charge is -2.06. The number of phenols is 1. The van der Waals surface area contributed by atoms with Gasteiger partial charge in [0, 0.05) is 18.0 Å². The van der Waals surface area contributed by atoms with Gasteiger partial charge < -0.3 is 9.67 Å². The van der Waals surface area contributed by atoms with E-state index in [0.717, 1.165) is 23.5 Å². The van der Waals surface area contributed by atoms with Crippen LogP contribution >= 0.6 is 0 Å². The Hall–Kier alpha value is -2.95. The highest BCUT2D eigenvalue weighted by molar-refractivity contribution is 5.81. The molecule has 0 spiro atoms. The largest absolute Gasteiger partial charge is 0.508 e. The van der Waals surface area contributed by atoms with Gasteiger partial charge in [-0.25, -0.2) is 8.78 Å². The summed E-state index contributed by atoms with van der Waals surface area (Å²) in [5.41, 5.74) is 1.64. The Morgan fingerprint density at radius 3 is 2.50 bits per heavy atom. The normalized spacial score (nSPS) is 11.2. The summed E-state index contributed by atoms with van der Waals surface area (Å²) in [6.07, 6.45) is 3.33. The Kier molecular flexibility index (Phi) is 3.70. The average molecular weight is 298 g/mol. The van der Waals surface area contributed by atoms with E-state index in [2.05, 4.69) is 4.99 Å². The Balaban J connectivity index is 1.92. The second kappa shape index (κ2) is 5.81. The van der Waals surface area contributed by atoms with Crippen LogP contribution < -0.4 is 0 Å². The highest BCUT2D eigenvalue weighted by Gasteiger charge is 2.04. The van der Waals surface area contributed by atoms with E-state index in [0.29, 0.717) is 0 Å². The molecule has 22 heavy (non-hydrogen) atoms. The van der Waals surface area contributed by atoms with Crippen molar-refractivity contribution in [2.24, 2.45) is 4.99 Å². The van der Waals surface area contributed by atoms with Crippen LogP contribution in [0, 0.1) is 11.6 Å². The Bertz CT molecular complexity index is 823. The minimum absolute atomic E-state index is 0.0693. The number of benzene rings is 2. The third kappa shape index (κ3) is 2.88. The molecule has 0 bridgehead atoms. The number of aromatic hydroxyl groups is 1. The molecule has 2 aromatic carbocycles. The first-order valence-corrected chi connectivity index (χ1v) is 6.59. The highest BCUT2D eigenvalue weighted by Crippen LogP contribution is 2.19. The molecule has 0 aliphatic heterocycles. The zero-order valence-electron chi connectivity index (χ0n) is 11.4. The van der Waals surface area contributed by atoms with Crippen LogP contribution in [0.15, 0.2) is 65.8 Å². The third-order valence-electron chi connectivity index (χ3n) is 3.15. The minimum Gasteiger partial charge on any atom is -0.508 e. The predicted octanol–water partition coefficient (Wildman–Crippen LogP) is 4.21. The van der Waals surface area contributed by atoms with Gasteiger partial charge in [-0.2, -0.15) is 0 Å². The molecule has 3 aromatic rings. The van der Waals surface area contributed by atoms with E-state index in [-0.39, 0.29) is 11.4 Å². The Labute approximate surface area is 125 Å². The number of nitrogens with zero attached hydrogens (tertiary/aromatic N) is 2. The Morgan fingerprint density at radius 1 is 1.00 bits per heavy atom. The van der Waals surface area contributed by atoms with Gasteiger partial charge in [-0.05, 0) is 48.5 Å². The average Bonchev–Trinajstić information content (AvgIpc) is 2.95. The first-order chi connectivity index (χ1) is 10.6. The lowest BCUT2D eigenvalue weighted by Crippen LogP contribution is -1.97. The molecule has 1 aromatic heterocycles. The SMILES string of the molecule is Oc1ccc(-n2cccc2C=Nc2ccc(F)cc2F)cc1. The zero-order valence-corrected chi connectivity index (χ0v) is 11.4. The number of phenolic OH excluding ortho intramolecular Hbond substituents is 1. The van der Waals surface area contributed by atoms with Crippen molar-refractivity contribution in [2.75, 3.05) is 0 Å². The third-order valence-corrected chi connectivity index (χ3v) is 3.15. The highest BCUT2D eigenvalue weighted by atomic mass is 19.1. The number of halogens is 2. The molecular formula is C17H12F2N2O. The van der Waals surface area contributed by atoms with Crippen molar-refractivity contribution < 1.29 is 13.9 Å². The molecule has 5 heteroatoms. The van der Waals surface area contributed by atoms with Crippen molar-refractivity contribution in [3.05, 3.63) is 78.1 Å². The molecule has 1 N–H and O–H groups in total. The van der Waals surface area contributed by atoms with Crippen molar-refractivity contribution in [2.45, 2.75) is 0 Å². The van der Waals surface area contributed by atoms with Gasteiger partial charge in [0.25, 0.3) is 0 Å². The van der Waals surface area contributed by atoms with Gasteiger partial charge in [-0.15, -0.1) is 0 Å². The van der Waals surface area contributed by atoms with Gasteiger partial charge in [0.1, 0.15) is 11.6 Å². The van der Waals surface area contributed by atoms with Crippen LogP contribution in [0.5, 0.6) is 5.75 Å². The van der Waals surface area contributed by atoms with Crippen LogP contribution in [0.25, 0.3) is 5.69 Å². The van der Waals surface area contributed by atoms with Crippen LogP contribution in [0.3, 0.4) is 0 Å². The van der Waals surface area contributed by atoms with Gasteiger partial charge in [0.2, 0.25) is 0 Å². The Morgan fingerprint density at radius 2 is 1.77 bits per heavy atom. The zero-order chi connectivity index (χ0) is 15.5. The molecule has 0 saturated heterocycles. The van der Waals surface area contributed by atoms with E-state index in [1.165, 1.54) is 12.3 Å². The molecule has 0 atom stereocenters. The van der Waals surface area contributed by atoms with Gasteiger partial charge in [0.15, 0.2) is 5.82 Å². The first kappa shape index (κ1) is 14.0. The van der Waals surface area contributed by atoms with E-state index in [1.54, 1.807) is 24.3 Å².